The van der Waals surface area contributed by atoms with Crippen LogP contribution in [-0.4, -0.2) is 36.9 Å². The minimum Gasteiger partial charge on any atom is -0.490 e. The van der Waals surface area contributed by atoms with Crippen LogP contribution in [-0.2, 0) is 14.3 Å². The molecule has 2 aromatic rings. The third kappa shape index (κ3) is 4.28. The lowest BCUT2D eigenvalue weighted by Crippen LogP contribution is -2.03. The van der Waals surface area contributed by atoms with E-state index >= 15 is 0 Å². The van der Waals surface area contributed by atoms with Crippen molar-refractivity contribution >= 4 is 16.9 Å². The predicted octanol–water partition coefficient (Wildman–Crippen LogP) is 2.51. The molecule has 0 radical (unpaired) electrons. The van der Waals surface area contributed by atoms with Gasteiger partial charge in [0.25, 0.3) is 0 Å². The van der Waals surface area contributed by atoms with Crippen LogP contribution in [0.15, 0.2) is 30.5 Å². The van der Waals surface area contributed by atoms with E-state index < -0.39 is 0 Å². The Kier molecular flexibility index (Phi) is 5.01. The van der Waals surface area contributed by atoms with Gasteiger partial charge >= 0.3 is 5.97 Å². The Balaban J connectivity index is 0.000000212. The molecule has 5 heteroatoms. The van der Waals surface area contributed by atoms with Crippen molar-refractivity contribution in [2.45, 2.75) is 20.0 Å². The Hall–Kier alpha value is -2.01. The first kappa shape index (κ1) is 14.4. The van der Waals surface area contributed by atoms with Gasteiger partial charge in [-0.05, 0) is 25.1 Å². The Bertz CT molecular complexity index is 560. The zero-order valence-corrected chi connectivity index (χ0v) is 11.7. The lowest BCUT2D eigenvalue weighted by atomic mass is 10.2. The number of carbonyl (C=O) groups excluding carboxylic acids is 1. The average molecular weight is 277 g/mol. The lowest BCUT2D eigenvalue weighted by molar-refractivity contribution is -0.140. The summed E-state index contributed by atoms with van der Waals surface area (Å²) < 4.78 is 15.2. The van der Waals surface area contributed by atoms with Crippen LogP contribution in [0.3, 0.4) is 0 Å². The van der Waals surface area contributed by atoms with Gasteiger partial charge in [-0.2, -0.15) is 0 Å². The number of benzene rings is 1. The van der Waals surface area contributed by atoms with Gasteiger partial charge < -0.3 is 19.2 Å². The van der Waals surface area contributed by atoms with E-state index in [1.54, 1.807) is 6.92 Å². The summed E-state index contributed by atoms with van der Waals surface area (Å²) in [5, 5.41) is 1.13. The standard InChI is InChI=1S/C11H11NO2.C4H8O2/c1-2-10-9(4-5-12-10)11(3-1)14-7-8-6-13-8;1-3-6-4(2)5/h1-5,8,12H,6-7H2;3H2,1-2H3. The SMILES string of the molecule is CCOC(C)=O.c1cc(OCC2CO2)c2cc[nH]c2c1. The van der Waals surface area contributed by atoms with Gasteiger partial charge in [0.1, 0.15) is 18.5 Å². The highest BCUT2D eigenvalue weighted by molar-refractivity contribution is 5.85. The number of aromatic amines is 1. The third-order valence-electron chi connectivity index (χ3n) is 2.73. The second-order valence-electron chi connectivity index (χ2n) is 4.39. The zero-order chi connectivity index (χ0) is 14.4. The number of aromatic nitrogens is 1. The molecule has 5 nitrogen and oxygen atoms in total. The lowest BCUT2D eigenvalue weighted by Gasteiger charge is -2.04. The molecule has 0 spiro atoms. The quantitative estimate of drug-likeness (QED) is 0.689. The number of rotatable bonds is 4. The highest BCUT2D eigenvalue weighted by Gasteiger charge is 2.23. The van der Waals surface area contributed by atoms with Crippen LogP contribution in [0, 0.1) is 0 Å². The van der Waals surface area contributed by atoms with Gasteiger partial charge in [-0.3, -0.25) is 4.79 Å². The first-order valence-electron chi connectivity index (χ1n) is 6.64. The summed E-state index contributed by atoms with van der Waals surface area (Å²) in [5.74, 6) is 0.719. The molecule has 1 fully saturated rings. The fraction of sp³-hybridized carbons (Fsp3) is 0.400. The van der Waals surface area contributed by atoms with Gasteiger partial charge in [-0.25, -0.2) is 0 Å². The van der Waals surface area contributed by atoms with Crippen LogP contribution < -0.4 is 4.74 Å². The molecular formula is C15H19NO4. The van der Waals surface area contributed by atoms with Gasteiger partial charge in [0, 0.05) is 24.0 Å². The van der Waals surface area contributed by atoms with Gasteiger partial charge in [-0.1, -0.05) is 6.07 Å². The predicted molar refractivity (Wildman–Crippen MR) is 75.8 cm³/mol. The van der Waals surface area contributed by atoms with Gasteiger partial charge in [0.05, 0.1) is 13.2 Å². The molecule has 0 bridgehead atoms. The topological polar surface area (TPSA) is 63.9 Å². The summed E-state index contributed by atoms with van der Waals surface area (Å²) in [7, 11) is 0. The zero-order valence-electron chi connectivity index (χ0n) is 11.7. The smallest absolute Gasteiger partial charge is 0.302 e. The van der Waals surface area contributed by atoms with Crippen molar-refractivity contribution < 1.29 is 19.0 Å². The molecule has 0 amide bonds. The van der Waals surface area contributed by atoms with E-state index in [0.717, 1.165) is 23.3 Å². The number of esters is 1. The minimum atomic E-state index is -0.211. The summed E-state index contributed by atoms with van der Waals surface area (Å²) in [4.78, 5) is 13.0. The molecule has 0 saturated carbocycles. The number of hydrogen-bond acceptors (Lipinski definition) is 4. The molecule has 1 saturated heterocycles. The molecule has 1 aliphatic rings. The molecule has 1 atom stereocenters. The number of nitrogens with one attached hydrogen (secondary N) is 1. The number of fused-ring (bicyclic) bond motifs is 1. The van der Waals surface area contributed by atoms with E-state index in [1.165, 1.54) is 6.92 Å². The number of carbonyl (C=O) groups is 1. The van der Waals surface area contributed by atoms with E-state index in [-0.39, 0.29) is 5.97 Å². The van der Waals surface area contributed by atoms with E-state index in [2.05, 4.69) is 9.72 Å². The maximum absolute atomic E-state index is 9.82. The van der Waals surface area contributed by atoms with Crippen molar-refractivity contribution in [1.29, 1.82) is 0 Å². The summed E-state index contributed by atoms with van der Waals surface area (Å²) in [6, 6.07) is 8.04. The van der Waals surface area contributed by atoms with E-state index in [9.17, 15) is 4.79 Å². The van der Waals surface area contributed by atoms with Crippen molar-refractivity contribution in [2.24, 2.45) is 0 Å². The summed E-state index contributed by atoms with van der Waals surface area (Å²) >= 11 is 0. The minimum absolute atomic E-state index is 0.211. The average Bonchev–Trinajstić information content (AvgIpc) is 3.12. The first-order valence-corrected chi connectivity index (χ1v) is 6.64. The second kappa shape index (κ2) is 6.96. The second-order valence-corrected chi connectivity index (χ2v) is 4.39. The highest BCUT2D eigenvalue weighted by atomic mass is 16.6. The van der Waals surface area contributed by atoms with Crippen molar-refractivity contribution in [1.82, 2.24) is 4.98 Å². The summed E-state index contributed by atoms with van der Waals surface area (Å²) in [6.45, 7) is 5.15. The van der Waals surface area contributed by atoms with Crippen molar-refractivity contribution in [3.63, 3.8) is 0 Å². The monoisotopic (exact) mass is 277 g/mol. The fourth-order valence-corrected chi connectivity index (χ4v) is 1.73. The van der Waals surface area contributed by atoms with Crippen LogP contribution in [0.25, 0.3) is 10.9 Å². The molecule has 108 valence electrons. The maximum Gasteiger partial charge on any atom is 0.302 e. The molecule has 20 heavy (non-hydrogen) atoms. The summed E-state index contributed by atoms with van der Waals surface area (Å²) in [6.07, 6.45) is 2.23. The van der Waals surface area contributed by atoms with Crippen LogP contribution in [0.2, 0.25) is 0 Å². The van der Waals surface area contributed by atoms with Crippen molar-refractivity contribution in [3.8, 4) is 5.75 Å². The number of epoxide rings is 1. The van der Waals surface area contributed by atoms with Gasteiger partial charge in [0.2, 0.25) is 0 Å². The van der Waals surface area contributed by atoms with E-state index in [0.29, 0.717) is 19.3 Å². The van der Waals surface area contributed by atoms with Gasteiger partial charge in [0.15, 0.2) is 0 Å². The first-order chi connectivity index (χ1) is 9.70. The number of H-pyrrole nitrogens is 1. The highest BCUT2D eigenvalue weighted by Crippen LogP contribution is 2.25. The van der Waals surface area contributed by atoms with E-state index in [1.807, 2.05) is 30.5 Å². The van der Waals surface area contributed by atoms with Crippen LogP contribution >= 0.6 is 0 Å². The third-order valence-corrected chi connectivity index (χ3v) is 2.73. The van der Waals surface area contributed by atoms with Crippen molar-refractivity contribution in [3.05, 3.63) is 30.5 Å². The Labute approximate surface area is 117 Å². The molecule has 1 aromatic carbocycles. The fourth-order valence-electron chi connectivity index (χ4n) is 1.73. The molecule has 1 aliphatic heterocycles. The molecule has 1 N–H and O–H groups in total. The molecular weight excluding hydrogens is 258 g/mol. The van der Waals surface area contributed by atoms with Crippen LogP contribution in [0.4, 0.5) is 0 Å². The van der Waals surface area contributed by atoms with E-state index in [4.69, 9.17) is 9.47 Å². The van der Waals surface area contributed by atoms with Gasteiger partial charge in [-0.15, -0.1) is 0 Å². The molecule has 2 heterocycles. The molecule has 3 rings (SSSR count). The largest absolute Gasteiger partial charge is 0.490 e. The number of hydrogen-bond donors (Lipinski definition) is 1. The number of ether oxygens (including phenoxy) is 3. The molecule has 0 aliphatic carbocycles. The van der Waals surface area contributed by atoms with Crippen LogP contribution in [0.5, 0.6) is 5.75 Å². The Morgan fingerprint density at radius 3 is 2.85 bits per heavy atom. The molecule has 1 aromatic heterocycles. The van der Waals surface area contributed by atoms with Crippen molar-refractivity contribution in [2.75, 3.05) is 19.8 Å². The Morgan fingerprint density at radius 2 is 2.25 bits per heavy atom. The van der Waals surface area contributed by atoms with Crippen LogP contribution in [0.1, 0.15) is 13.8 Å². The molecule has 1 unspecified atom stereocenters. The Morgan fingerprint density at radius 1 is 1.45 bits per heavy atom. The normalized spacial score (nSPS) is 16.2. The summed E-state index contributed by atoms with van der Waals surface area (Å²) in [5.41, 5.74) is 1.11. The maximum atomic E-state index is 9.82.